The second-order valence-electron chi connectivity index (χ2n) is 7.62. The molecule has 0 N–H and O–H groups in total. The lowest BCUT2D eigenvalue weighted by atomic mass is 9.85. The van der Waals surface area contributed by atoms with Gasteiger partial charge in [0, 0.05) is 21.5 Å². The number of benzene rings is 2. The number of hydrogen-bond donors (Lipinski definition) is 0. The minimum absolute atomic E-state index is 0.173. The molecular weight excluding hydrogens is 328 g/mol. The molecule has 2 aliphatic rings. The van der Waals surface area contributed by atoms with Gasteiger partial charge >= 0.3 is 0 Å². The van der Waals surface area contributed by atoms with Gasteiger partial charge in [-0.2, -0.15) is 0 Å². The van der Waals surface area contributed by atoms with Crippen LogP contribution < -0.4 is 21.7 Å². The normalized spacial score (nSPS) is 12.3. The van der Waals surface area contributed by atoms with Crippen molar-refractivity contribution >= 4 is 21.5 Å². The summed E-state index contributed by atoms with van der Waals surface area (Å²) in [6.07, 6.45) is 0. The standard InChI is InChI=1S/C22H16O4/c1-22(2,3)11-8-9-14-15(10-11)21(26)17-16(20(14)25)18(23)12-6-4-5-7-13(12)19(17)24/h4-10H,1-3H3. The molecule has 2 aromatic rings. The number of hydrogen-bond acceptors (Lipinski definition) is 4. The number of fused-ring (bicyclic) bond motifs is 2. The van der Waals surface area contributed by atoms with Crippen LogP contribution in [-0.2, 0) is 5.41 Å². The monoisotopic (exact) mass is 344 g/mol. The molecule has 0 saturated heterocycles. The summed E-state index contributed by atoms with van der Waals surface area (Å²) in [5.41, 5.74) is -1.54. The van der Waals surface area contributed by atoms with Crippen molar-refractivity contribution in [2.75, 3.05) is 0 Å². The fraction of sp³-hybridized carbons (Fsp3) is 0.182. The Kier molecular flexibility index (Phi) is 3.25. The molecule has 2 aliphatic carbocycles. The second-order valence-corrected chi connectivity index (χ2v) is 7.62. The van der Waals surface area contributed by atoms with Crippen LogP contribution in [0.2, 0.25) is 0 Å². The van der Waals surface area contributed by atoms with Gasteiger partial charge in [0.15, 0.2) is 21.7 Å². The zero-order valence-corrected chi connectivity index (χ0v) is 14.7. The van der Waals surface area contributed by atoms with Crippen LogP contribution in [0, 0.1) is 10.4 Å². The Bertz CT molecular complexity index is 1480. The van der Waals surface area contributed by atoms with Gasteiger partial charge in [-0.05, 0) is 23.1 Å². The van der Waals surface area contributed by atoms with Crippen LogP contribution in [0.3, 0.4) is 0 Å². The van der Waals surface area contributed by atoms with E-state index in [0.29, 0.717) is 0 Å². The average molecular weight is 344 g/mol. The van der Waals surface area contributed by atoms with Crippen LogP contribution in [0.4, 0.5) is 0 Å². The largest absolute Gasteiger partial charge is 0.288 e. The first-order chi connectivity index (χ1) is 12.2. The predicted octanol–water partition coefficient (Wildman–Crippen LogP) is 2.33. The van der Waals surface area contributed by atoms with E-state index in [4.69, 9.17) is 0 Å². The van der Waals surface area contributed by atoms with E-state index in [-0.39, 0.29) is 37.4 Å². The van der Waals surface area contributed by atoms with E-state index in [2.05, 4.69) is 0 Å². The van der Waals surface area contributed by atoms with E-state index < -0.39 is 21.7 Å². The van der Waals surface area contributed by atoms with Crippen LogP contribution >= 0.6 is 0 Å². The molecule has 0 radical (unpaired) electrons. The summed E-state index contributed by atoms with van der Waals surface area (Å²) in [6.45, 7) is 6.00. The van der Waals surface area contributed by atoms with Crippen molar-refractivity contribution in [1.82, 2.24) is 0 Å². The average Bonchev–Trinajstić information content (AvgIpc) is 2.61. The van der Waals surface area contributed by atoms with E-state index in [0.717, 1.165) is 5.56 Å². The summed E-state index contributed by atoms with van der Waals surface area (Å²) in [6, 6.07) is 11.3. The van der Waals surface area contributed by atoms with E-state index in [9.17, 15) is 19.2 Å². The highest BCUT2D eigenvalue weighted by Crippen LogP contribution is 2.24. The minimum atomic E-state index is -0.556. The summed E-state index contributed by atoms with van der Waals surface area (Å²) >= 11 is 0. The zero-order valence-electron chi connectivity index (χ0n) is 14.7. The Balaban J connectivity index is 2.42. The Labute approximate surface area is 147 Å². The third kappa shape index (κ3) is 2.08. The van der Waals surface area contributed by atoms with Crippen molar-refractivity contribution < 1.29 is 0 Å². The van der Waals surface area contributed by atoms with E-state index >= 15 is 0 Å². The maximum atomic E-state index is 13.1. The minimum Gasteiger partial charge on any atom is -0.288 e. The van der Waals surface area contributed by atoms with Gasteiger partial charge in [0.2, 0.25) is 0 Å². The van der Waals surface area contributed by atoms with Crippen LogP contribution in [0.5, 0.6) is 0 Å². The predicted molar refractivity (Wildman–Crippen MR) is 103 cm³/mol. The zero-order chi connectivity index (χ0) is 18.8. The maximum Gasteiger partial charge on any atom is 0.198 e. The molecule has 0 atom stereocenters. The Morgan fingerprint density at radius 3 is 1.46 bits per heavy atom. The quantitative estimate of drug-likeness (QED) is 0.491. The molecule has 26 heavy (non-hydrogen) atoms. The highest BCUT2D eigenvalue weighted by Gasteiger charge is 2.19. The number of rotatable bonds is 0. The summed E-state index contributed by atoms with van der Waals surface area (Å²) in [7, 11) is 0. The van der Waals surface area contributed by atoms with Gasteiger partial charge in [-0.25, -0.2) is 0 Å². The lowest BCUT2D eigenvalue weighted by Crippen LogP contribution is -2.29. The van der Waals surface area contributed by atoms with Crippen molar-refractivity contribution in [2.24, 2.45) is 0 Å². The molecule has 0 bridgehead atoms. The fourth-order valence-electron chi connectivity index (χ4n) is 3.47. The molecule has 0 spiro atoms. The summed E-state index contributed by atoms with van der Waals surface area (Å²) in [5, 5.41) is 0.135. The van der Waals surface area contributed by atoms with Gasteiger partial charge in [0.25, 0.3) is 0 Å². The molecule has 128 valence electrons. The van der Waals surface area contributed by atoms with Gasteiger partial charge in [-0.15, -0.1) is 0 Å². The van der Waals surface area contributed by atoms with Gasteiger partial charge in [-0.1, -0.05) is 51.1 Å². The summed E-state index contributed by atoms with van der Waals surface area (Å²) < 4.78 is 0. The SMILES string of the molecule is CC(C)(C)c1ccc2c(=O)c3c(=O)c4ccccc4c(=O)c=3c(=O)c2c1. The molecule has 0 fully saturated rings. The molecule has 4 nitrogen and oxygen atoms in total. The Morgan fingerprint density at radius 2 is 1.00 bits per heavy atom. The van der Waals surface area contributed by atoms with Crippen molar-refractivity contribution in [3.63, 3.8) is 0 Å². The van der Waals surface area contributed by atoms with Crippen molar-refractivity contribution in [3.8, 4) is 0 Å². The third-order valence-corrected chi connectivity index (χ3v) is 4.95. The molecule has 0 heterocycles. The fourth-order valence-corrected chi connectivity index (χ4v) is 3.47. The lowest BCUT2D eigenvalue weighted by molar-refractivity contribution is 0.591. The molecule has 0 saturated carbocycles. The van der Waals surface area contributed by atoms with Crippen molar-refractivity contribution in [2.45, 2.75) is 26.2 Å². The smallest absolute Gasteiger partial charge is 0.198 e. The first kappa shape index (κ1) is 16.3. The van der Waals surface area contributed by atoms with Crippen molar-refractivity contribution in [1.29, 1.82) is 0 Å². The lowest BCUT2D eigenvalue weighted by Gasteiger charge is -2.19. The Morgan fingerprint density at radius 1 is 0.577 bits per heavy atom. The molecule has 0 aromatic heterocycles. The van der Waals surface area contributed by atoms with Crippen LogP contribution in [-0.4, -0.2) is 0 Å². The van der Waals surface area contributed by atoms with Gasteiger partial charge < -0.3 is 0 Å². The summed E-state index contributed by atoms with van der Waals surface area (Å²) in [4.78, 5) is 51.7. The van der Waals surface area contributed by atoms with Crippen LogP contribution in [0.15, 0.2) is 61.6 Å². The van der Waals surface area contributed by atoms with Crippen LogP contribution in [0.25, 0.3) is 21.5 Å². The van der Waals surface area contributed by atoms with E-state index in [1.807, 2.05) is 20.8 Å². The van der Waals surface area contributed by atoms with Gasteiger partial charge in [0.05, 0.1) is 10.4 Å². The van der Waals surface area contributed by atoms with E-state index in [1.54, 1.807) is 30.3 Å². The molecule has 0 aliphatic heterocycles. The van der Waals surface area contributed by atoms with Gasteiger partial charge in [0.1, 0.15) is 0 Å². The maximum absolute atomic E-state index is 13.1. The molecular formula is C22H16O4. The van der Waals surface area contributed by atoms with Gasteiger partial charge in [-0.3, -0.25) is 19.2 Å². The first-order valence-corrected chi connectivity index (χ1v) is 8.38. The van der Waals surface area contributed by atoms with Crippen molar-refractivity contribution in [3.05, 3.63) is 99.4 Å². The highest BCUT2D eigenvalue weighted by molar-refractivity contribution is 5.86. The Hall–Kier alpha value is -3.14. The topological polar surface area (TPSA) is 68.3 Å². The van der Waals surface area contributed by atoms with Crippen LogP contribution in [0.1, 0.15) is 26.3 Å². The molecule has 2 aromatic carbocycles. The third-order valence-electron chi connectivity index (χ3n) is 4.95. The van der Waals surface area contributed by atoms with E-state index in [1.165, 1.54) is 12.1 Å². The molecule has 4 rings (SSSR count). The second kappa shape index (κ2) is 5.18. The molecule has 0 amide bonds. The summed E-state index contributed by atoms with van der Waals surface area (Å²) in [5.74, 6) is 0. The first-order valence-electron chi connectivity index (χ1n) is 8.38. The molecule has 0 unspecified atom stereocenters. The molecule has 4 heteroatoms. The highest BCUT2D eigenvalue weighted by atomic mass is 16.1.